The zero-order valence-corrected chi connectivity index (χ0v) is 20.1. The maximum absolute atomic E-state index is 11.8. The van der Waals surface area contributed by atoms with Gasteiger partial charge in [0.25, 0.3) is 0 Å². The van der Waals surface area contributed by atoms with E-state index in [9.17, 15) is 9.90 Å². The van der Waals surface area contributed by atoms with Crippen molar-refractivity contribution in [2.75, 3.05) is 14.2 Å². The van der Waals surface area contributed by atoms with Crippen LogP contribution in [0.15, 0.2) is 35.5 Å². The molecule has 1 saturated heterocycles. The average Bonchev–Trinajstić information content (AvgIpc) is 2.67. The third-order valence-corrected chi connectivity index (χ3v) is 5.88. The van der Waals surface area contributed by atoms with Crippen LogP contribution in [0.1, 0.15) is 60.8 Å². The molecular weight excluding hydrogens is 380 g/mol. The van der Waals surface area contributed by atoms with E-state index in [0.717, 1.165) is 18.4 Å². The number of methoxy groups -OCH3 is 2. The summed E-state index contributed by atoms with van der Waals surface area (Å²) in [5.41, 5.74) is 2.41. The number of ether oxygens (including phenoxy) is 3. The summed E-state index contributed by atoms with van der Waals surface area (Å²) < 4.78 is 16.3. The Balaban J connectivity index is 2.66. The predicted molar refractivity (Wildman–Crippen MR) is 121 cm³/mol. The largest absolute Gasteiger partial charge is 0.467 e. The van der Waals surface area contributed by atoms with Crippen molar-refractivity contribution in [3.63, 3.8) is 0 Å². The molecule has 0 saturated carbocycles. The van der Waals surface area contributed by atoms with Gasteiger partial charge >= 0.3 is 5.97 Å². The molecule has 0 aromatic heterocycles. The van der Waals surface area contributed by atoms with Gasteiger partial charge in [-0.15, -0.1) is 0 Å². The molecule has 1 fully saturated rings. The predicted octanol–water partition coefficient (Wildman–Crippen LogP) is 4.85. The Labute approximate surface area is 183 Å². The number of aliphatic hydroxyl groups excluding tert-OH is 1. The SMILES string of the molecule is COC(=O)[C@H]1CC[C@H](C)[C@@H](/C(C)=C/C=C/[C@@H](C)C/C(C)=C/[C@H](C)[C@@H](OC)[C@H](C)O)O1. The van der Waals surface area contributed by atoms with E-state index in [2.05, 4.69) is 58.9 Å². The third kappa shape index (κ3) is 8.37. The Bertz CT molecular complexity index is 619. The lowest BCUT2D eigenvalue weighted by molar-refractivity contribution is -0.163. The summed E-state index contributed by atoms with van der Waals surface area (Å²) in [6.07, 6.45) is 9.97. The normalized spacial score (nSPS) is 27.6. The Morgan fingerprint density at radius 3 is 2.43 bits per heavy atom. The van der Waals surface area contributed by atoms with E-state index in [1.807, 2.05) is 0 Å². The van der Waals surface area contributed by atoms with Crippen LogP contribution in [-0.4, -0.2) is 49.7 Å². The molecule has 30 heavy (non-hydrogen) atoms. The van der Waals surface area contributed by atoms with Gasteiger partial charge in [0.1, 0.15) is 0 Å². The molecule has 5 heteroatoms. The van der Waals surface area contributed by atoms with Gasteiger partial charge in [-0.05, 0) is 57.4 Å². The van der Waals surface area contributed by atoms with Gasteiger partial charge in [-0.1, -0.05) is 50.6 Å². The molecule has 0 aromatic carbocycles. The molecule has 5 nitrogen and oxygen atoms in total. The third-order valence-electron chi connectivity index (χ3n) is 5.88. The summed E-state index contributed by atoms with van der Waals surface area (Å²) in [5, 5.41) is 9.82. The second-order valence-corrected chi connectivity index (χ2v) is 8.91. The van der Waals surface area contributed by atoms with E-state index in [1.165, 1.54) is 12.7 Å². The molecule has 0 unspecified atom stereocenters. The monoisotopic (exact) mass is 422 g/mol. The van der Waals surface area contributed by atoms with Gasteiger partial charge < -0.3 is 19.3 Å². The van der Waals surface area contributed by atoms with Crippen LogP contribution in [-0.2, 0) is 19.0 Å². The lowest BCUT2D eigenvalue weighted by atomic mass is 9.89. The van der Waals surface area contributed by atoms with E-state index >= 15 is 0 Å². The lowest BCUT2D eigenvalue weighted by Gasteiger charge is -2.34. The first-order valence-corrected chi connectivity index (χ1v) is 11.1. The lowest BCUT2D eigenvalue weighted by Crippen LogP contribution is -2.39. The second-order valence-electron chi connectivity index (χ2n) is 8.91. The van der Waals surface area contributed by atoms with E-state index in [0.29, 0.717) is 18.3 Å². The minimum atomic E-state index is -0.498. The summed E-state index contributed by atoms with van der Waals surface area (Å²) >= 11 is 0. The number of aliphatic hydroxyl groups is 1. The molecule has 0 spiro atoms. The van der Waals surface area contributed by atoms with E-state index < -0.39 is 12.2 Å². The van der Waals surface area contributed by atoms with Crippen LogP contribution in [0.4, 0.5) is 0 Å². The molecule has 0 radical (unpaired) electrons. The van der Waals surface area contributed by atoms with Crippen LogP contribution in [0.25, 0.3) is 0 Å². The Hall–Kier alpha value is -1.43. The minimum Gasteiger partial charge on any atom is -0.467 e. The number of allylic oxidation sites excluding steroid dienone is 4. The summed E-state index contributed by atoms with van der Waals surface area (Å²) in [6.45, 7) is 12.4. The zero-order valence-electron chi connectivity index (χ0n) is 20.1. The van der Waals surface area contributed by atoms with Crippen LogP contribution in [0.3, 0.4) is 0 Å². The van der Waals surface area contributed by atoms with Crippen LogP contribution in [0.5, 0.6) is 0 Å². The summed E-state index contributed by atoms with van der Waals surface area (Å²) in [5.74, 6) is 0.632. The number of rotatable bonds is 10. The van der Waals surface area contributed by atoms with Crippen molar-refractivity contribution in [2.24, 2.45) is 17.8 Å². The highest BCUT2D eigenvalue weighted by Gasteiger charge is 2.33. The molecule has 1 rings (SSSR count). The number of carbonyl (C=O) groups is 1. The fourth-order valence-electron chi connectivity index (χ4n) is 4.34. The molecule has 1 N–H and O–H groups in total. The Morgan fingerprint density at radius 1 is 1.20 bits per heavy atom. The smallest absolute Gasteiger partial charge is 0.335 e. The first-order valence-electron chi connectivity index (χ1n) is 11.1. The van der Waals surface area contributed by atoms with Crippen molar-refractivity contribution in [2.45, 2.75) is 85.2 Å². The van der Waals surface area contributed by atoms with Gasteiger partial charge in [-0.3, -0.25) is 0 Å². The second kappa shape index (κ2) is 13.1. The van der Waals surface area contributed by atoms with Gasteiger partial charge in [0, 0.05) is 13.0 Å². The number of carbonyl (C=O) groups excluding carboxylic acids is 1. The van der Waals surface area contributed by atoms with Gasteiger partial charge in [0.15, 0.2) is 6.10 Å². The highest BCUT2D eigenvalue weighted by molar-refractivity contribution is 5.74. The van der Waals surface area contributed by atoms with Gasteiger partial charge in [-0.25, -0.2) is 4.79 Å². The Morgan fingerprint density at radius 2 is 1.87 bits per heavy atom. The van der Waals surface area contributed by atoms with Crippen molar-refractivity contribution >= 4 is 5.97 Å². The molecular formula is C25H42O5. The average molecular weight is 423 g/mol. The van der Waals surface area contributed by atoms with Crippen molar-refractivity contribution in [3.8, 4) is 0 Å². The topological polar surface area (TPSA) is 65.0 Å². The highest BCUT2D eigenvalue weighted by atomic mass is 16.6. The molecule has 1 aliphatic heterocycles. The molecule has 0 aromatic rings. The quantitative estimate of drug-likeness (QED) is 0.310. The zero-order chi connectivity index (χ0) is 22.8. The summed E-state index contributed by atoms with van der Waals surface area (Å²) in [4.78, 5) is 11.8. The van der Waals surface area contributed by atoms with Crippen molar-refractivity contribution in [1.29, 1.82) is 0 Å². The molecule has 0 amide bonds. The van der Waals surface area contributed by atoms with Crippen molar-refractivity contribution in [3.05, 3.63) is 35.5 Å². The number of hydrogen-bond donors (Lipinski definition) is 1. The van der Waals surface area contributed by atoms with Gasteiger partial charge in [-0.2, -0.15) is 0 Å². The molecule has 7 atom stereocenters. The van der Waals surface area contributed by atoms with Crippen LogP contribution in [0, 0.1) is 17.8 Å². The maximum Gasteiger partial charge on any atom is 0.335 e. The first kappa shape index (κ1) is 26.6. The number of esters is 1. The van der Waals surface area contributed by atoms with Crippen LogP contribution in [0.2, 0.25) is 0 Å². The maximum atomic E-state index is 11.8. The first-order chi connectivity index (χ1) is 14.1. The fourth-order valence-corrected chi connectivity index (χ4v) is 4.34. The Kier molecular flexibility index (Phi) is 11.6. The van der Waals surface area contributed by atoms with Crippen LogP contribution < -0.4 is 0 Å². The standard InChI is InChI=1S/C25H42O5/c1-16(14-17(2)15-20(5)24(28-7)21(6)26)10-9-11-18(3)23-19(4)12-13-22(30-23)25(27)29-8/h9-11,15-16,19-24,26H,12-14H2,1-8H3/b10-9+,17-15+,18-11+/t16-,19+,20+,21+,22-,23-,24-/m1/s1. The molecule has 0 bridgehead atoms. The molecule has 1 heterocycles. The molecule has 0 aliphatic carbocycles. The molecule has 1 aliphatic rings. The van der Waals surface area contributed by atoms with Gasteiger partial charge in [0.05, 0.1) is 25.4 Å². The van der Waals surface area contributed by atoms with Crippen molar-refractivity contribution in [1.82, 2.24) is 0 Å². The van der Waals surface area contributed by atoms with Gasteiger partial charge in [0.2, 0.25) is 0 Å². The summed E-state index contributed by atoms with van der Waals surface area (Å²) in [6, 6.07) is 0. The summed E-state index contributed by atoms with van der Waals surface area (Å²) in [7, 11) is 3.05. The number of hydrogen-bond acceptors (Lipinski definition) is 5. The highest BCUT2D eigenvalue weighted by Crippen LogP contribution is 2.30. The molecule has 172 valence electrons. The van der Waals surface area contributed by atoms with E-state index in [1.54, 1.807) is 14.0 Å². The fraction of sp³-hybridized carbons (Fsp3) is 0.720. The van der Waals surface area contributed by atoms with Crippen molar-refractivity contribution < 1.29 is 24.1 Å². The van der Waals surface area contributed by atoms with E-state index in [-0.39, 0.29) is 24.1 Å². The van der Waals surface area contributed by atoms with Crippen LogP contribution >= 0.6 is 0 Å². The van der Waals surface area contributed by atoms with E-state index in [4.69, 9.17) is 14.2 Å². The minimum absolute atomic E-state index is 0.0586.